The summed E-state index contributed by atoms with van der Waals surface area (Å²) in [6, 6.07) is 0.319. The minimum Gasteiger partial charge on any atom is -0.393 e. The van der Waals surface area contributed by atoms with Gasteiger partial charge >= 0.3 is 0 Å². The van der Waals surface area contributed by atoms with Gasteiger partial charge in [0.05, 0.1) is 11.9 Å². The SMILES string of the molecule is CC(O)CC1CCCCCN1CCS(=O)(=O)N(C)C. The maximum absolute atomic E-state index is 11.8. The highest BCUT2D eigenvalue weighted by molar-refractivity contribution is 7.89. The average molecular weight is 292 g/mol. The van der Waals surface area contributed by atoms with E-state index in [4.69, 9.17) is 0 Å². The summed E-state index contributed by atoms with van der Waals surface area (Å²) in [5, 5.41) is 9.58. The van der Waals surface area contributed by atoms with Crippen LogP contribution >= 0.6 is 0 Å². The van der Waals surface area contributed by atoms with Crippen LogP contribution in [0, 0.1) is 0 Å². The number of aliphatic hydroxyl groups excluding tert-OH is 1. The Kier molecular flexibility index (Phi) is 6.73. The lowest BCUT2D eigenvalue weighted by atomic mass is 10.0. The van der Waals surface area contributed by atoms with Crippen molar-refractivity contribution >= 4 is 10.0 Å². The number of hydrogen-bond acceptors (Lipinski definition) is 4. The summed E-state index contributed by atoms with van der Waals surface area (Å²) in [6.07, 6.45) is 4.98. The van der Waals surface area contributed by atoms with Crippen molar-refractivity contribution in [2.75, 3.05) is 32.9 Å². The van der Waals surface area contributed by atoms with Gasteiger partial charge in [-0.1, -0.05) is 12.8 Å². The Bertz CT molecular complexity index is 355. The molecule has 1 N–H and O–H groups in total. The average Bonchev–Trinajstić information content (AvgIpc) is 2.51. The second kappa shape index (κ2) is 7.57. The molecule has 0 aromatic rings. The van der Waals surface area contributed by atoms with Crippen LogP contribution in [0.5, 0.6) is 0 Å². The molecule has 1 saturated heterocycles. The van der Waals surface area contributed by atoms with Gasteiger partial charge in [0, 0.05) is 26.7 Å². The zero-order valence-corrected chi connectivity index (χ0v) is 13.2. The summed E-state index contributed by atoms with van der Waals surface area (Å²) < 4.78 is 25.0. The van der Waals surface area contributed by atoms with Crippen LogP contribution in [0.25, 0.3) is 0 Å². The molecule has 5 nitrogen and oxygen atoms in total. The second-order valence-corrected chi connectivity index (χ2v) is 8.02. The number of rotatable bonds is 6. The lowest BCUT2D eigenvalue weighted by Gasteiger charge is -2.31. The molecular formula is C13H28N2O3S. The third-order valence-electron chi connectivity index (χ3n) is 3.81. The summed E-state index contributed by atoms with van der Waals surface area (Å²) in [4.78, 5) is 2.25. The molecule has 1 rings (SSSR count). The van der Waals surface area contributed by atoms with Gasteiger partial charge in [0.2, 0.25) is 10.0 Å². The minimum absolute atomic E-state index is 0.163. The zero-order valence-electron chi connectivity index (χ0n) is 12.4. The van der Waals surface area contributed by atoms with Gasteiger partial charge in [-0.3, -0.25) is 4.90 Å². The molecule has 1 fully saturated rings. The molecular weight excluding hydrogens is 264 g/mol. The quantitative estimate of drug-likeness (QED) is 0.790. The molecule has 0 radical (unpaired) electrons. The maximum atomic E-state index is 11.8. The van der Waals surface area contributed by atoms with Gasteiger partial charge in [-0.25, -0.2) is 12.7 Å². The van der Waals surface area contributed by atoms with Gasteiger partial charge in [-0.2, -0.15) is 0 Å². The van der Waals surface area contributed by atoms with Gasteiger partial charge in [0.15, 0.2) is 0 Å². The van der Waals surface area contributed by atoms with E-state index < -0.39 is 10.0 Å². The molecule has 1 aliphatic heterocycles. The Morgan fingerprint density at radius 1 is 1.32 bits per heavy atom. The van der Waals surface area contributed by atoms with Gasteiger partial charge < -0.3 is 5.11 Å². The van der Waals surface area contributed by atoms with Gasteiger partial charge in [-0.05, 0) is 32.7 Å². The van der Waals surface area contributed by atoms with E-state index in [0.29, 0.717) is 12.6 Å². The number of sulfonamides is 1. The fourth-order valence-electron chi connectivity index (χ4n) is 2.61. The lowest BCUT2D eigenvalue weighted by Crippen LogP contribution is -2.41. The molecule has 1 heterocycles. The molecule has 2 unspecified atom stereocenters. The Morgan fingerprint density at radius 3 is 2.58 bits per heavy atom. The Morgan fingerprint density at radius 2 is 2.00 bits per heavy atom. The second-order valence-electron chi connectivity index (χ2n) is 5.72. The fourth-order valence-corrected chi connectivity index (χ4v) is 3.44. The summed E-state index contributed by atoms with van der Waals surface area (Å²) in [5.74, 6) is 0.163. The Hall–Kier alpha value is -0.170. The van der Waals surface area contributed by atoms with Crippen LogP contribution in [-0.4, -0.2) is 67.8 Å². The van der Waals surface area contributed by atoms with Crippen LogP contribution in [0.2, 0.25) is 0 Å². The zero-order chi connectivity index (χ0) is 14.5. The van der Waals surface area contributed by atoms with Gasteiger partial charge in [0.1, 0.15) is 0 Å². The number of nitrogens with zero attached hydrogens (tertiary/aromatic N) is 2. The number of hydrogen-bond donors (Lipinski definition) is 1. The van der Waals surface area contributed by atoms with E-state index in [1.165, 1.54) is 17.1 Å². The molecule has 0 bridgehead atoms. The molecule has 2 atom stereocenters. The first-order chi connectivity index (χ1) is 8.83. The van der Waals surface area contributed by atoms with Crippen molar-refractivity contribution in [3.63, 3.8) is 0 Å². The number of likely N-dealkylation sites (tertiary alicyclic amines) is 1. The van der Waals surface area contributed by atoms with Crippen LogP contribution in [0.1, 0.15) is 39.0 Å². The lowest BCUT2D eigenvalue weighted by molar-refractivity contribution is 0.116. The highest BCUT2D eigenvalue weighted by Crippen LogP contribution is 2.20. The highest BCUT2D eigenvalue weighted by Gasteiger charge is 2.24. The van der Waals surface area contributed by atoms with E-state index >= 15 is 0 Å². The predicted molar refractivity (Wildman–Crippen MR) is 77.6 cm³/mol. The first-order valence-corrected chi connectivity index (χ1v) is 8.76. The van der Waals surface area contributed by atoms with Crippen LogP contribution in [0.4, 0.5) is 0 Å². The molecule has 0 saturated carbocycles. The van der Waals surface area contributed by atoms with Crippen molar-refractivity contribution in [2.24, 2.45) is 0 Å². The van der Waals surface area contributed by atoms with E-state index in [1.807, 2.05) is 0 Å². The molecule has 0 aliphatic carbocycles. The molecule has 0 amide bonds. The summed E-state index contributed by atoms with van der Waals surface area (Å²) in [5.41, 5.74) is 0. The molecule has 0 aromatic carbocycles. The third kappa shape index (κ3) is 5.77. The molecule has 0 spiro atoms. The van der Waals surface area contributed by atoms with Crippen molar-refractivity contribution in [2.45, 2.75) is 51.2 Å². The van der Waals surface area contributed by atoms with Crippen molar-refractivity contribution in [1.82, 2.24) is 9.21 Å². The summed E-state index contributed by atoms with van der Waals surface area (Å²) in [6.45, 7) is 3.32. The Balaban J connectivity index is 2.60. The molecule has 1 aliphatic rings. The molecule has 0 aromatic heterocycles. The van der Waals surface area contributed by atoms with E-state index in [1.54, 1.807) is 21.0 Å². The van der Waals surface area contributed by atoms with Crippen molar-refractivity contribution in [3.8, 4) is 0 Å². The van der Waals surface area contributed by atoms with Crippen molar-refractivity contribution in [3.05, 3.63) is 0 Å². The smallest absolute Gasteiger partial charge is 0.214 e. The Labute approximate surface area is 117 Å². The van der Waals surface area contributed by atoms with Crippen LogP contribution in [0.15, 0.2) is 0 Å². The van der Waals surface area contributed by atoms with Crippen LogP contribution < -0.4 is 0 Å². The van der Waals surface area contributed by atoms with Crippen LogP contribution in [-0.2, 0) is 10.0 Å². The topological polar surface area (TPSA) is 60.9 Å². The molecule has 6 heteroatoms. The summed E-state index contributed by atoms with van der Waals surface area (Å²) in [7, 11) is 0.0167. The monoisotopic (exact) mass is 292 g/mol. The third-order valence-corrected chi connectivity index (χ3v) is 5.62. The van der Waals surface area contributed by atoms with Crippen molar-refractivity contribution < 1.29 is 13.5 Å². The molecule has 19 heavy (non-hydrogen) atoms. The van der Waals surface area contributed by atoms with E-state index in [9.17, 15) is 13.5 Å². The van der Waals surface area contributed by atoms with Gasteiger partial charge in [-0.15, -0.1) is 0 Å². The number of aliphatic hydroxyl groups is 1. The normalized spacial score (nSPS) is 24.4. The maximum Gasteiger partial charge on any atom is 0.214 e. The predicted octanol–water partition coefficient (Wildman–Crippen LogP) is 0.893. The fraction of sp³-hybridized carbons (Fsp3) is 1.00. The largest absolute Gasteiger partial charge is 0.393 e. The van der Waals surface area contributed by atoms with Crippen molar-refractivity contribution in [1.29, 1.82) is 0 Å². The standard InChI is InChI=1S/C13H28N2O3S/c1-12(16)11-13-7-5-4-6-8-15(13)9-10-19(17,18)14(2)3/h12-13,16H,4-11H2,1-3H3. The van der Waals surface area contributed by atoms with Gasteiger partial charge in [0.25, 0.3) is 0 Å². The van der Waals surface area contributed by atoms with E-state index in [0.717, 1.165) is 25.8 Å². The first-order valence-electron chi connectivity index (χ1n) is 7.15. The highest BCUT2D eigenvalue weighted by atomic mass is 32.2. The molecule has 114 valence electrons. The summed E-state index contributed by atoms with van der Waals surface area (Å²) >= 11 is 0. The van der Waals surface area contributed by atoms with E-state index in [-0.39, 0.29) is 11.9 Å². The van der Waals surface area contributed by atoms with Crippen LogP contribution in [0.3, 0.4) is 0 Å². The van der Waals surface area contributed by atoms with E-state index in [2.05, 4.69) is 4.90 Å². The first kappa shape index (κ1) is 16.9. The minimum atomic E-state index is -3.13.